The molecular formula is C22H20ClFN2O5S. The summed E-state index contributed by atoms with van der Waals surface area (Å²) < 4.78 is 24.4. The minimum atomic E-state index is -0.623. The minimum Gasteiger partial charge on any atom is -0.490 e. The number of anilines is 1. The zero-order chi connectivity index (χ0) is 23.3. The second-order valence-corrected chi connectivity index (χ2v) is 7.92. The highest BCUT2D eigenvalue weighted by molar-refractivity contribution is 8.18. The molecule has 1 heterocycles. The van der Waals surface area contributed by atoms with Crippen LogP contribution in [0.3, 0.4) is 0 Å². The Balaban J connectivity index is 1.72. The molecule has 7 nitrogen and oxygen atoms in total. The van der Waals surface area contributed by atoms with Crippen molar-refractivity contribution in [2.45, 2.75) is 13.8 Å². The molecule has 0 atom stereocenters. The Bertz CT molecular complexity index is 1090. The van der Waals surface area contributed by atoms with Crippen LogP contribution in [0.1, 0.15) is 19.4 Å². The van der Waals surface area contributed by atoms with Crippen molar-refractivity contribution in [2.75, 3.05) is 25.1 Å². The fraction of sp³-hybridized carbons (Fsp3) is 0.227. The summed E-state index contributed by atoms with van der Waals surface area (Å²) in [5.41, 5.74) is 0.898. The van der Waals surface area contributed by atoms with E-state index >= 15 is 0 Å². The van der Waals surface area contributed by atoms with Crippen molar-refractivity contribution < 1.29 is 28.2 Å². The van der Waals surface area contributed by atoms with Gasteiger partial charge in [0.05, 0.1) is 23.1 Å². The molecule has 1 aliphatic heterocycles. The lowest BCUT2D eigenvalue weighted by atomic mass is 10.2. The standard InChI is InChI=1S/C22H20ClFN2O5S/c1-3-30-17-8-5-13(9-18(17)31-4-2)10-19-21(28)26(22(29)32-19)12-20(27)25-14-6-7-16(24)15(23)11-14/h5-11H,3-4,12H2,1-2H3,(H,25,27)/b19-10+. The largest absolute Gasteiger partial charge is 0.490 e. The van der Waals surface area contributed by atoms with Crippen LogP contribution in [0.15, 0.2) is 41.3 Å². The topological polar surface area (TPSA) is 84.9 Å². The van der Waals surface area contributed by atoms with Crippen LogP contribution in [0.5, 0.6) is 11.5 Å². The summed E-state index contributed by atoms with van der Waals surface area (Å²) >= 11 is 6.43. The maximum absolute atomic E-state index is 13.3. The predicted molar refractivity (Wildman–Crippen MR) is 121 cm³/mol. The zero-order valence-corrected chi connectivity index (χ0v) is 18.9. The number of hydrogen-bond acceptors (Lipinski definition) is 6. The van der Waals surface area contributed by atoms with E-state index in [1.165, 1.54) is 12.1 Å². The normalized spacial score (nSPS) is 14.8. The smallest absolute Gasteiger partial charge is 0.294 e. The fourth-order valence-corrected chi connectivity index (χ4v) is 3.88. The number of nitrogens with zero attached hydrogens (tertiary/aromatic N) is 1. The van der Waals surface area contributed by atoms with E-state index in [0.717, 1.165) is 22.7 Å². The van der Waals surface area contributed by atoms with Crippen molar-refractivity contribution in [1.29, 1.82) is 0 Å². The number of imide groups is 1. The third-order valence-electron chi connectivity index (χ3n) is 4.24. The monoisotopic (exact) mass is 478 g/mol. The van der Waals surface area contributed by atoms with E-state index in [-0.39, 0.29) is 15.6 Å². The molecule has 1 N–H and O–H groups in total. The highest BCUT2D eigenvalue weighted by atomic mass is 35.5. The van der Waals surface area contributed by atoms with Crippen molar-refractivity contribution in [3.8, 4) is 11.5 Å². The van der Waals surface area contributed by atoms with Gasteiger partial charge in [0, 0.05) is 5.69 Å². The Morgan fingerprint density at radius 2 is 1.84 bits per heavy atom. The van der Waals surface area contributed by atoms with Gasteiger partial charge in [-0.05, 0) is 67.6 Å². The van der Waals surface area contributed by atoms with Crippen molar-refractivity contribution in [3.05, 3.63) is 57.7 Å². The highest BCUT2D eigenvalue weighted by Gasteiger charge is 2.36. The van der Waals surface area contributed by atoms with Gasteiger partial charge in [-0.3, -0.25) is 19.3 Å². The number of ether oxygens (including phenoxy) is 2. The molecular weight excluding hydrogens is 459 g/mol. The van der Waals surface area contributed by atoms with Crippen LogP contribution >= 0.6 is 23.4 Å². The lowest BCUT2D eigenvalue weighted by molar-refractivity contribution is -0.127. The molecule has 0 aliphatic carbocycles. The summed E-state index contributed by atoms with van der Waals surface area (Å²) in [6.45, 7) is 4.14. The van der Waals surface area contributed by atoms with E-state index in [4.69, 9.17) is 21.1 Å². The fourth-order valence-electron chi connectivity index (χ4n) is 2.86. The van der Waals surface area contributed by atoms with Gasteiger partial charge < -0.3 is 14.8 Å². The van der Waals surface area contributed by atoms with E-state index in [0.29, 0.717) is 30.3 Å². The predicted octanol–water partition coefficient (Wildman–Crippen LogP) is 4.95. The van der Waals surface area contributed by atoms with E-state index in [2.05, 4.69) is 5.32 Å². The molecule has 0 bridgehead atoms. The second-order valence-electron chi connectivity index (χ2n) is 6.52. The third-order valence-corrected chi connectivity index (χ3v) is 5.44. The van der Waals surface area contributed by atoms with Crippen LogP contribution in [0.4, 0.5) is 14.9 Å². The number of benzene rings is 2. The molecule has 10 heteroatoms. The van der Waals surface area contributed by atoms with Crippen molar-refractivity contribution in [3.63, 3.8) is 0 Å². The lowest BCUT2D eigenvalue weighted by Gasteiger charge is -2.13. The molecule has 0 spiro atoms. The highest BCUT2D eigenvalue weighted by Crippen LogP contribution is 2.34. The first-order valence-corrected chi connectivity index (χ1v) is 10.9. The molecule has 1 aliphatic rings. The molecule has 0 unspecified atom stereocenters. The molecule has 0 radical (unpaired) electrons. The Kier molecular flexibility index (Phi) is 7.76. The molecule has 2 aromatic rings. The van der Waals surface area contributed by atoms with Gasteiger partial charge in [0.15, 0.2) is 11.5 Å². The Morgan fingerprint density at radius 1 is 1.12 bits per heavy atom. The molecule has 2 aromatic carbocycles. The van der Waals surface area contributed by atoms with Crippen molar-refractivity contribution in [2.24, 2.45) is 0 Å². The van der Waals surface area contributed by atoms with E-state index < -0.39 is 29.4 Å². The molecule has 1 fully saturated rings. The maximum atomic E-state index is 13.3. The summed E-state index contributed by atoms with van der Waals surface area (Å²) in [6.07, 6.45) is 1.56. The van der Waals surface area contributed by atoms with Crippen molar-refractivity contribution in [1.82, 2.24) is 4.90 Å². The van der Waals surface area contributed by atoms with Crippen LogP contribution in [-0.4, -0.2) is 41.7 Å². The number of amides is 3. The first-order chi connectivity index (χ1) is 15.3. The van der Waals surface area contributed by atoms with Crippen LogP contribution in [-0.2, 0) is 9.59 Å². The summed E-state index contributed by atoms with van der Waals surface area (Å²) in [5.74, 6) is -0.713. The quantitative estimate of drug-likeness (QED) is 0.540. The second kappa shape index (κ2) is 10.5. The van der Waals surface area contributed by atoms with Gasteiger partial charge in [-0.2, -0.15) is 0 Å². The zero-order valence-electron chi connectivity index (χ0n) is 17.3. The molecule has 168 valence electrons. The molecule has 0 saturated carbocycles. The van der Waals surface area contributed by atoms with Gasteiger partial charge in [-0.15, -0.1) is 0 Å². The first kappa shape index (κ1) is 23.6. The maximum Gasteiger partial charge on any atom is 0.294 e. The van der Waals surface area contributed by atoms with Gasteiger partial charge in [-0.25, -0.2) is 4.39 Å². The summed E-state index contributed by atoms with van der Waals surface area (Å²) in [5, 5.41) is 1.77. The van der Waals surface area contributed by atoms with Crippen molar-refractivity contribution >= 4 is 52.2 Å². The molecule has 0 aromatic heterocycles. The molecule has 32 heavy (non-hydrogen) atoms. The lowest BCUT2D eigenvalue weighted by Crippen LogP contribution is -2.36. The van der Waals surface area contributed by atoms with Crippen LogP contribution < -0.4 is 14.8 Å². The van der Waals surface area contributed by atoms with E-state index in [9.17, 15) is 18.8 Å². The third kappa shape index (κ3) is 5.60. The van der Waals surface area contributed by atoms with Gasteiger partial charge in [0.25, 0.3) is 11.1 Å². The van der Waals surface area contributed by atoms with Gasteiger partial charge >= 0.3 is 0 Å². The van der Waals surface area contributed by atoms with Gasteiger partial charge in [0.1, 0.15) is 12.4 Å². The Hall–Kier alpha value is -3.04. The Morgan fingerprint density at radius 3 is 2.53 bits per heavy atom. The SMILES string of the molecule is CCOc1ccc(/C=C2/SC(=O)N(CC(=O)Nc3ccc(F)c(Cl)c3)C2=O)cc1OCC. The summed E-state index contributed by atoms with van der Waals surface area (Å²) in [4.78, 5) is 38.3. The molecule has 3 rings (SSSR count). The average molecular weight is 479 g/mol. The summed E-state index contributed by atoms with van der Waals surface area (Å²) in [6, 6.07) is 8.86. The number of carbonyl (C=O) groups excluding carboxylic acids is 3. The first-order valence-electron chi connectivity index (χ1n) is 9.72. The van der Waals surface area contributed by atoms with Gasteiger partial charge in [0.2, 0.25) is 5.91 Å². The van der Waals surface area contributed by atoms with E-state index in [1.54, 1.807) is 24.3 Å². The number of carbonyl (C=O) groups is 3. The number of halogens is 2. The number of nitrogens with one attached hydrogen (secondary N) is 1. The van der Waals surface area contributed by atoms with Gasteiger partial charge in [-0.1, -0.05) is 17.7 Å². The average Bonchev–Trinajstić information content (AvgIpc) is 3.00. The van der Waals surface area contributed by atoms with E-state index in [1.807, 2.05) is 13.8 Å². The number of thioether (sulfide) groups is 1. The minimum absolute atomic E-state index is 0.154. The van der Waals surface area contributed by atoms with Crippen LogP contribution in [0.2, 0.25) is 5.02 Å². The van der Waals surface area contributed by atoms with Crippen LogP contribution in [0, 0.1) is 5.82 Å². The number of rotatable bonds is 8. The Labute approximate surface area is 193 Å². The molecule has 1 saturated heterocycles. The summed E-state index contributed by atoms with van der Waals surface area (Å²) in [7, 11) is 0. The molecule has 3 amide bonds. The van der Waals surface area contributed by atoms with Crippen LogP contribution in [0.25, 0.3) is 6.08 Å². The number of hydrogen-bond donors (Lipinski definition) is 1.